The Labute approximate surface area is 122 Å². The number of nitrogens with zero attached hydrogens (tertiary/aromatic N) is 3. The zero-order chi connectivity index (χ0) is 14.2. The van der Waals surface area contributed by atoms with Crippen molar-refractivity contribution in [2.24, 2.45) is 0 Å². The molecule has 1 saturated heterocycles. The highest BCUT2D eigenvalue weighted by Gasteiger charge is 2.14. The predicted molar refractivity (Wildman–Crippen MR) is 79.8 cm³/mol. The first-order chi connectivity index (χ1) is 9.81. The van der Waals surface area contributed by atoms with Gasteiger partial charge in [-0.15, -0.1) is 0 Å². The first-order valence-corrected chi connectivity index (χ1v) is 8.09. The lowest BCUT2D eigenvalue weighted by Crippen LogP contribution is -2.34. The van der Waals surface area contributed by atoms with Gasteiger partial charge in [-0.2, -0.15) is 4.98 Å². The summed E-state index contributed by atoms with van der Waals surface area (Å²) in [5.41, 5.74) is 0. The van der Waals surface area contributed by atoms with Gasteiger partial charge in [-0.1, -0.05) is 25.4 Å². The van der Waals surface area contributed by atoms with Crippen LogP contribution in [0.15, 0.2) is 4.52 Å². The molecule has 0 radical (unpaired) electrons. The van der Waals surface area contributed by atoms with Gasteiger partial charge >= 0.3 is 0 Å². The highest BCUT2D eigenvalue weighted by atomic mass is 16.5. The molecule has 1 unspecified atom stereocenters. The van der Waals surface area contributed by atoms with E-state index in [-0.39, 0.29) is 0 Å². The van der Waals surface area contributed by atoms with E-state index in [2.05, 4.69) is 34.2 Å². The molecule has 2 heterocycles. The van der Waals surface area contributed by atoms with Crippen molar-refractivity contribution in [1.82, 2.24) is 20.4 Å². The van der Waals surface area contributed by atoms with Gasteiger partial charge in [-0.3, -0.25) is 0 Å². The fourth-order valence-corrected chi connectivity index (χ4v) is 2.76. The van der Waals surface area contributed by atoms with Crippen molar-refractivity contribution in [3.63, 3.8) is 0 Å². The third kappa shape index (κ3) is 4.87. The standard InChI is InChI=1S/C15H28N4O/c1-3-19(4-2)12-10-14-17-15(20-18-14)9-8-13-7-5-6-11-16-13/h13,16H,3-12H2,1-2H3. The monoisotopic (exact) mass is 280 g/mol. The number of hydrogen-bond acceptors (Lipinski definition) is 5. The minimum Gasteiger partial charge on any atom is -0.339 e. The summed E-state index contributed by atoms with van der Waals surface area (Å²) >= 11 is 0. The molecule has 1 aromatic heterocycles. The molecule has 1 aliphatic heterocycles. The minimum atomic E-state index is 0.634. The molecule has 114 valence electrons. The van der Waals surface area contributed by atoms with Crippen molar-refractivity contribution in [1.29, 1.82) is 0 Å². The van der Waals surface area contributed by atoms with Crippen LogP contribution in [0.1, 0.15) is 51.2 Å². The Morgan fingerprint density at radius 1 is 1.25 bits per heavy atom. The van der Waals surface area contributed by atoms with Gasteiger partial charge in [-0.05, 0) is 38.9 Å². The Hall–Kier alpha value is -0.940. The molecule has 1 N–H and O–H groups in total. The molecular weight excluding hydrogens is 252 g/mol. The summed E-state index contributed by atoms with van der Waals surface area (Å²) < 4.78 is 5.35. The molecule has 20 heavy (non-hydrogen) atoms. The molecule has 0 aromatic carbocycles. The van der Waals surface area contributed by atoms with Crippen LogP contribution in [0.5, 0.6) is 0 Å². The van der Waals surface area contributed by atoms with Crippen molar-refractivity contribution in [3.8, 4) is 0 Å². The van der Waals surface area contributed by atoms with E-state index in [4.69, 9.17) is 4.52 Å². The van der Waals surface area contributed by atoms with Crippen molar-refractivity contribution in [3.05, 3.63) is 11.7 Å². The van der Waals surface area contributed by atoms with E-state index in [0.29, 0.717) is 6.04 Å². The van der Waals surface area contributed by atoms with Crippen LogP contribution in [0.3, 0.4) is 0 Å². The molecule has 1 aliphatic rings. The minimum absolute atomic E-state index is 0.634. The second-order valence-electron chi connectivity index (χ2n) is 5.57. The maximum Gasteiger partial charge on any atom is 0.226 e. The topological polar surface area (TPSA) is 54.2 Å². The molecule has 1 atom stereocenters. The average molecular weight is 280 g/mol. The van der Waals surface area contributed by atoms with E-state index >= 15 is 0 Å². The molecule has 1 fully saturated rings. The summed E-state index contributed by atoms with van der Waals surface area (Å²) in [5.74, 6) is 1.65. The smallest absolute Gasteiger partial charge is 0.226 e. The highest BCUT2D eigenvalue weighted by molar-refractivity contribution is 4.89. The fourth-order valence-electron chi connectivity index (χ4n) is 2.76. The van der Waals surface area contributed by atoms with Crippen LogP contribution >= 0.6 is 0 Å². The van der Waals surface area contributed by atoms with Gasteiger partial charge < -0.3 is 14.7 Å². The summed E-state index contributed by atoms with van der Waals surface area (Å²) in [6.45, 7) is 8.69. The van der Waals surface area contributed by atoms with Crippen molar-refractivity contribution < 1.29 is 4.52 Å². The van der Waals surface area contributed by atoms with Crippen molar-refractivity contribution in [2.75, 3.05) is 26.2 Å². The van der Waals surface area contributed by atoms with Gasteiger partial charge in [0.2, 0.25) is 5.89 Å². The molecule has 1 aromatic rings. The quantitative estimate of drug-likeness (QED) is 0.789. The SMILES string of the molecule is CCN(CC)CCc1noc(CCC2CCCCN2)n1. The Kier molecular flexibility index (Phi) is 6.47. The van der Waals surface area contributed by atoms with Gasteiger partial charge in [0.15, 0.2) is 5.82 Å². The van der Waals surface area contributed by atoms with Crippen LogP contribution in [0.25, 0.3) is 0 Å². The number of rotatable bonds is 8. The van der Waals surface area contributed by atoms with Crippen LogP contribution in [0.4, 0.5) is 0 Å². The van der Waals surface area contributed by atoms with E-state index in [0.717, 1.165) is 57.2 Å². The van der Waals surface area contributed by atoms with Crippen molar-refractivity contribution in [2.45, 2.75) is 58.4 Å². The molecule has 0 spiro atoms. The summed E-state index contributed by atoms with van der Waals surface area (Å²) in [5, 5.41) is 7.64. The lowest BCUT2D eigenvalue weighted by molar-refractivity contribution is 0.302. The number of aryl methyl sites for hydroxylation is 1. The van der Waals surface area contributed by atoms with E-state index in [9.17, 15) is 0 Å². The number of likely N-dealkylation sites (N-methyl/N-ethyl adjacent to an activating group) is 1. The largest absolute Gasteiger partial charge is 0.339 e. The summed E-state index contributed by atoms with van der Waals surface area (Å²) in [6.07, 6.45) is 6.83. The van der Waals surface area contributed by atoms with Crippen LogP contribution in [0, 0.1) is 0 Å². The number of aromatic nitrogens is 2. The molecule has 0 amide bonds. The van der Waals surface area contributed by atoms with Gasteiger partial charge in [-0.25, -0.2) is 0 Å². The third-order valence-electron chi connectivity index (χ3n) is 4.18. The number of piperidine rings is 1. The lowest BCUT2D eigenvalue weighted by Gasteiger charge is -2.22. The molecule has 5 heteroatoms. The average Bonchev–Trinajstić information content (AvgIpc) is 2.95. The zero-order valence-corrected chi connectivity index (χ0v) is 12.9. The number of nitrogens with one attached hydrogen (secondary N) is 1. The summed E-state index contributed by atoms with van der Waals surface area (Å²) in [6, 6.07) is 0.634. The first kappa shape index (κ1) is 15.4. The van der Waals surface area contributed by atoms with Gasteiger partial charge in [0, 0.05) is 25.4 Å². The van der Waals surface area contributed by atoms with E-state index < -0.39 is 0 Å². The highest BCUT2D eigenvalue weighted by Crippen LogP contribution is 2.12. The normalized spacial score (nSPS) is 19.6. The van der Waals surface area contributed by atoms with Crippen LogP contribution in [0.2, 0.25) is 0 Å². The first-order valence-electron chi connectivity index (χ1n) is 8.09. The van der Waals surface area contributed by atoms with E-state index in [1.54, 1.807) is 0 Å². The van der Waals surface area contributed by atoms with Gasteiger partial charge in [0.05, 0.1) is 0 Å². The molecule has 0 bridgehead atoms. The molecule has 2 rings (SSSR count). The predicted octanol–water partition coefficient (Wildman–Crippen LogP) is 2.03. The van der Waals surface area contributed by atoms with Gasteiger partial charge in [0.1, 0.15) is 0 Å². The van der Waals surface area contributed by atoms with Crippen LogP contribution in [-0.2, 0) is 12.8 Å². The second-order valence-corrected chi connectivity index (χ2v) is 5.57. The van der Waals surface area contributed by atoms with Gasteiger partial charge in [0.25, 0.3) is 0 Å². The fraction of sp³-hybridized carbons (Fsp3) is 0.867. The van der Waals surface area contributed by atoms with Crippen LogP contribution < -0.4 is 5.32 Å². The maximum atomic E-state index is 5.35. The number of hydrogen-bond donors (Lipinski definition) is 1. The molecular formula is C15H28N4O. The summed E-state index contributed by atoms with van der Waals surface area (Å²) in [7, 11) is 0. The third-order valence-corrected chi connectivity index (χ3v) is 4.18. The lowest BCUT2D eigenvalue weighted by atomic mass is 10.0. The molecule has 5 nitrogen and oxygen atoms in total. The second kappa shape index (κ2) is 8.37. The maximum absolute atomic E-state index is 5.35. The Morgan fingerprint density at radius 2 is 2.10 bits per heavy atom. The molecule has 0 aliphatic carbocycles. The Bertz CT molecular complexity index is 370. The van der Waals surface area contributed by atoms with E-state index in [1.165, 1.54) is 19.3 Å². The molecule has 0 saturated carbocycles. The Morgan fingerprint density at radius 3 is 2.80 bits per heavy atom. The Balaban J connectivity index is 1.71. The zero-order valence-electron chi connectivity index (χ0n) is 12.9. The van der Waals surface area contributed by atoms with E-state index in [1.807, 2.05) is 0 Å². The summed E-state index contributed by atoms with van der Waals surface area (Å²) in [4.78, 5) is 6.88. The van der Waals surface area contributed by atoms with Crippen LogP contribution in [-0.4, -0.2) is 47.3 Å². The van der Waals surface area contributed by atoms with Crippen molar-refractivity contribution >= 4 is 0 Å².